The molecule has 1 saturated heterocycles. The van der Waals surface area contributed by atoms with E-state index in [9.17, 15) is 4.79 Å². The fraction of sp³-hybridized carbons (Fsp3) is 0.933. The highest BCUT2D eigenvalue weighted by atomic mass is 32.2. The molecule has 1 amide bonds. The summed E-state index contributed by atoms with van der Waals surface area (Å²) in [4.78, 5) is 14.6. The second kappa shape index (κ2) is 8.15. The lowest BCUT2D eigenvalue weighted by Gasteiger charge is -2.27. The summed E-state index contributed by atoms with van der Waals surface area (Å²) in [5.74, 6) is 2.54. The van der Waals surface area contributed by atoms with E-state index >= 15 is 0 Å². The van der Waals surface area contributed by atoms with Gasteiger partial charge in [-0.25, -0.2) is 0 Å². The Morgan fingerprint density at radius 1 is 1.26 bits per heavy atom. The Morgan fingerprint density at radius 2 is 1.95 bits per heavy atom. The Kier molecular flexibility index (Phi) is 7.22. The lowest BCUT2D eigenvalue weighted by atomic mass is 10.0. The van der Waals surface area contributed by atoms with E-state index in [1.54, 1.807) is 0 Å². The van der Waals surface area contributed by atoms with E-state index in [0.717, 1.165) is 19.4 Å². The Bertz CT molecular complexity index is 281. The van der Waals surface area contributed by atoms with Crippen LogP contribution < -0.4 is 5.32 Å². The van der Waals surface area contributed by atoms with Crippen LogP contribution in [-0.4, -0.2) is 41.6 Å². The predicted octanol–water partition coefficient (Wildman–Crippen LogP) is 2.96. The summed E-state index contributed by atoms with van der Waals surface area (Å²) in [7, 11) is 0. The molecule has 3 nitrogen and oxygen atoms in total. The van der Waals surface area contributed by atoms with Crippen molar-refractivity contribution in [1.29, 1.82) is 0 Å². The molecular formula is C15H30N2OS. The monoisotopic (exact) mass is 286 g/mol. The van der Waals surface area contributed by atoms with Crippen LogP contribution in [0.2, 0.25) is 0 Å². The molecule has 1 aliphatic heterocycles. The molecular weight excluding hydrogens is 256 g/mol. The lowest BCUT2D eigenvalue weighted by Crippen LogP contribution is -2.42. The summed E-state index contributed by atoms with van der Waals surface area (Å²) >= 11 is 1.88. The predicted molar refractivity (Wildman–Crippen MR) is 84.3 cm³/mol. The van der Waals surface area contributed by atoms with Crippen molar-refractivity contribution in [2.45, 2.75) is 59.2 Å². The zero-order valence-corrected chi connectivity index (χ0v) is 13.9. The van der Waals surface area contributed by atoms with Gasteiger partial charge in [0.2, 0.25) is 5.91 Å². The van der Waals surface area contributed by atoms with Crippen LogP contribution in [0, 0.1) is 11.8 Å². The van der Waals surface area contributed by atoms with Crippen LogP contribution in [0.1, 0.15) is 47.0 Å². The second-order valence-corrected chi connectivity index (χ2v) is 7.25. The zero-order valence-electron chi connectivity index (χ0n) is 13.1. The fourth-order valence-electron chi connectivity index (χ4n) is 2.68. The van der Waals surface area contributed by atoms with Crippen molar-refractivity contribution in [2.24, 2.45) is 11.8 Å². The van der Waals surface area contributed by atoms with Crippen LogP contribution in [0.5, 0.6) is 0 Å². The zero-order chi connectivity index (χ0) is 14.4. The summed E-state index contributed by atoms with van der Waals surface area (Å²) in [5.41, 5.74) is 0. The highest BCUT2D eigenvalue weighted by Gasteiger charge is 2.39. The van der Waals surface area contributed by atoms with Crippen molar-refractivity contribution in [1.82, 2.24) is 10.2 Å². The number of hydrogen-bond acceptors (Lipinski definition) is 3. The second-order valence-electron chi connectivity index (χ2n) is 6.27. The van der Waals surface area contributed by atoms with Gasteiger partial charge in [0.05, 0.1) is 12.2 Å². The van der Waals surface area contributed by atoms with E-state index in [1.165, 1.54) is 12.2 Å². The quantitative estimate of drug-likeness (QED) is 0.696. The molecule has 0 saturated carbocycles. The van der Waals surface area contributed by atoms with Gasteiger partial charge in [0.15, 0.2) is 0 Å². The Balaban J connectivity index is 2.56. The van der Waals surface area contributed by atoms with Gasteiger partial charge in [0.25, 0.3) is 0 Å². The molecule has 1 rings (SSSR count). The molecule has 2 unspecified atom stereocenters. The molecule has 112 valence electrons. The van der Waals surface area contributed by atoms with E-state index in [2.05, 4.69) is 44.2 Å². The number of nitrogens with zero attached hydrogens (tertiary/aromatic N) is 1. The topological polar surface area (TPSA) is 32.3 Å². The molecule has 1 aliphatic rings. The SMILES string of the molecule is CSCCCCN1C(=O)C(CC(C)C)NC1C(C)C. The van der Waals surface area contributed by atoms with Crippen LogP contribution in [0.15, 0.2) is 0 Å². The molecule has 4 heteroatoms. The highest BCUT2D eigenvalue weighted by Crippen LogP contribution is 2.22. The summed E-state index contributed by atoms with van der Waals surface area (Å²) < 4.78 is 0. The minimum atomic E-state index is 0.0351. The van der Waals surface area contributed by atoms with Crippen LogP contribution in [-0.2, 0) is 4.79 Å². The maximum absolute atomic E-state index is 12.5. The largest absolute Gasteiger partial charge is 0.326 e. The van der Waals surface area contributed by atoms with Crippen LogP contribution >= 0.6 is 11.8 Å². The van der Waals surface area contributed by atoms with Gasteiger partial charge in [-0.1, -0.05) is 27.7 Å². The third kappa shape index (κ3) is 4.99. The number of hydrogen-bond donors (Lipinski definition) is 1. The highest BCUT2D eigenvalue weighted by molar-refractivity contribution is 7.98. The third-order valence-electron chi connectivity index (χ3n) is 3.62. The molecule has 1 heterocycles. The van der Waals surface area contributed by atoms with Gasteiger partial charge < -0.3 is 4.90 Å². The molecule has 0 aromatic heterocycles. The standard InChI is InChI=1S/C15H30N2OS/c1-11(2)10-13-15(18)17(8-6-7-9-19-5)14(16-13)12(3)4/h11-14,16H,6-10H2,1-5H3. The molecule has 0 bridgehead atoms. The number of carbonyl (C=O) groups is 1. The van der Waals surface area contributed by atoms with Gasteiger partial charge in [-0.05, 0) is 43.1 Å². The molecule has 2 atom stereocenters. The van der Waals surface area contributed by atoms with Crippen molar-refractivity contribution in [3.05, 3.63) is 0 Å². The lowest BCUT2D eigenvalue weighted by molar-refractivity contribution is -0.130. The van der Waals surface area contributed by atoms with Crippen molar-refractivity contribution < 1.29 is 4.79 Å². The molecule has 0 aromatic carbocycles. The van der Waals surface area contributed by atoms with E-state index in [4.69, 9.17) is 0 Å². The Morgan fingerprint density at radius 3 is 2.47 bits per heavy atom. The van der Waals surface area contributed by atoms with Crippen molar-refractivity contribution in [2.75, 3.05) is 18.6 Å². The van der Waals surface area contributed by atoms with Crippen molar-refractivity contribution in [3.8, 4) is 0 Å². The smallest absolute Gasteiger partial charge is 0.241 e. The molecule has 0 radical (unpaired) electrons. The van der Waals surface area contributed by atoms with Crippen molar-refractivity contribution >= 4 is 17.7 Å². The minimum absolute atomic E-state index is 0.0351. The van der Waals surface area contributed by atoms with Gasteiger partial charge >= 0.3 is 0 Å². The molecule has 1 fully saturated rings. The number of thioether (sulfide) groups is 1. The first-order valence-corrected chi connectivity index (χ1v) is 8.92. The normalized spacial score (nSPS) is 23.9. The van der Waals surface area contributed by atoms with Gasteiger partial charge in [0, 0.05) is 6.54 Å². The fourth-order valence-corrected chi connectivity index (χ4v) is 3.17. The van der Waals surface area contributed by atoms with Gasteiger partial charge in [-0.3, -0.25) is 10.1 Å². The number of nitrogens with one attached hydrogen (secondary N) is 1. The maximum atomic E-state index is 12.5. The first kappa shape index (κ1) is 16.8. The molecule has 0 aliphatic carbocycles. The van der Waals surface area contributed by atoms with Gasteiger partial charge in [-0.2, -0.15) is 11.8 Å². The first-order chi connectivity index (χ1) is 8.97. The molecule has 1 N–H and O–H groups in total. The summed E-state index contributed by atoms with van der Waals surface area (Å²) in [6.45, 7) is 9.65. The summed E-state index contributed by atoms with van der Waals surface area (Å²) in [6.07, 6.45) is 5.63. The average Bonchev–Trinajstić information content (AvgIpc) is 2.62. The number of amides is 1. The van der Waals surface area contributed by atoms with E-state index in [0.29, 0.717) is 17.7 Å². The van der Waals surface area contributed by atoms with Crippen molar-refractivity contribution in [3.63, 3.8) is 0 Å². The van der Waals surface area contributed by atoms with Gasteiger partial charge in [-0.15, -0.1) is 0 Å². The van der Waals surface area contributed by atoms with E-state index in [1.807, 2.05) is 11.8 Å². The Hall–Kier alpha value is -0.220. The van der Waals surface area contributed by atoms with E-state index in [-0.39, 0.29) is 12.2 Å². The molecule has 19 heavy (non-hydrogen) atoms. The first-order valence-electron chi connectivity index (χ1n) is 7.52. The molecule has 0 aromatic rings. The van der Waals surface area contributed by atoms with Crippen LogP contribution in [0.3, 0.4) is 0 Å². The number of carbonyl (C=O) groups excluding carboxylic acids is 1. The summed E-state index contributed by atoms with van der Waals surface area (Å²) in [6, 6.07) is 0.0351. The van der Waals surface area contributed by atoms with Gasteiger partial charge in [0.1, 0.15) is 0 Å². The van der Waals surface area contributed by atoms with Crippen LogP contribution in [0.25, 0.3) is 0 Å². The number of rotatable bonds is 8. The minimum Gasteiger partial charge on any atom is -0.326 e. The number of unbranched alkanes of at least 4 members (excludes halogenated alkanes) is 1. The van der Waals surface area contributed by atoms with Crippen LogP contribution in [0.4, 0.5) is 0 Å². The van der Waals surface area contributed by atoms with E-state index < -0.39 is 0 Å². The summed E-state index contributed by atoms with van der Waals surface area (Å²) in [5, 5.41) is 3.53. The third-order valence-corrected chi connectivity index (χ3v) is 4.32. The maximum Gasteiger partial charge on any atom is 0.241 e. The Labute approximate surface area is 122 Å². The molecule has 0 spiro atoms. The average molecular weight is 286 g/mol.